The lowest BCUT2D eigenvalue weighted by molar-refractivity contribution is -0.141. The minimum absolute atomic E-state index is 0.0329. The number of carbonyl (C=O) groups is 1. The quantitative estimate of drug-likeness (QED) is 0.227. The molecule has 4 aromatic rings. The number of hydrogen-bond donors (Lipinski definition) is 1. The molecule has 1 aliphatic carbocycles. The Morgan fingerprint density at radius 1 is 1.20 bits per heavy atom. The van der Waals surface area contributed by atoms with Crippen LogP contribution in [0.1, 0.15) is 44.2 Å². The monoisotopic (exact) mass is 574 g/mol. The number of aromatic nitrogens is 4. The molecule has 2 aromatic heterocycles. The first-order valence-electron chi connectivity index (χ1n) is 12.7. The van der Waals surface area contributed by atoms with Gasteiger partial charge in [0.25, 0.3) is 0 Å². The van der Waals surface area contributed by atoms with Crippen molar-refractivity contribution in [2.75, 3.05) is 6.61 Å². The van der Waals surface area contributed by atoms with Crippen LogP contribution in [0.2, 0.25) is 5.02 Å². The smallest absolute Gasteiger partial charge is 0.416 e. The molecule has 1 fully saturated rings. The van der Waals surface area contributed by atoms with Crippen LogP contribution >= 0.6 is 11.6 Å². The van der Waals surface area contributed by atoms with Gasteiger partial charge < -0.3 is 19.1 Å². The lowest BCUT2D eigenvalue weighted by Gasteiger charge is -2.14. The normalized spacial score (nSPS) is 15.2. The van der Waals surface area contributed by atoms with E-state index in [4.69, 9.17) is 31.2 Å². The van der Waals surface area contributed by atoms with Gasteiger partial charge in [0.05, 0.1) is 29.7 Å². The van der Waals surface area contributed by atoms with Crippen molar-refractivity contribution < 1.29 is 32.5 Å². The van der Waals surface area contributed by atoms with Crippen LogP contribution in [0.4, 0.5) is 13.2 Å². The molecule has 0 radical (unpaired) electrons. The summed E-state index contributed by atoms with van der Waals surface area (Å²) in [5, 5.41) is 9.34. The maximum Gasteiger partial charge on any atom is 0.416 e. The first-order chi connectivity index (χ1) is 18.9. The summed E-state index contributed by atoms with van der Waals surface area (Å²) in [5.74, 6) is -0.357. The number of nitrogens with zero attached hydrogens (tertiary/aromatic N) is 4. The van der Waals surface area contributed by atoms with E-state index in [1.54, 1.807) is 35.8 Å². The number of alkyl halides is 3. The van der Waals surface area contributed by atoms with Crippen molar-refractivity contribution >= 4 is 28.7 Å². The number of aliphatic carboxylic acids is 1. The van der Waals surface area contributed by atoms with Gasteiger partial charge in [-0.15, -0.1) is 0 Å². The highest BCUT2D eigenvalue weighted by molar-refractivity contribution is 6.33. The number of hydrogen-bond acceptors (Lipinski definition) is 6. The lowest BCUT2D eigenvalue weighted by atomic mass is 10.1. The molecule has 40 heavy (non-hydrogen) atoms. The maximum absolute atomic E-state index is 13.4. The van der Waals surface area contributed by atoms with Gasteiger partial charge in [0, 0.05) is 5.56 Å². The first-order valence-corrected chi connectivity index (χ1v) is 13.0. The Hall–Kier alpha value is -3.86. The molecule has 5 rings (SSSR count). The molecule has 1 aliphatic rings. The van der Waals surface area contributed by atoms with Crippen molar-refractivity contribution in [3.05, 3.63) is 64.9 Å². The topological polar surface area (TPSA) is 99.4 Å². The van der Waals surface area contributed by atoms with E-state index in [9.17, 15) is 18.0 Å². The van der Waals surface area contributed by atoms with E-state index < -0.39 is 23.6 Å². The highest BCUT2D eigenvalue weighted by Gasteiger charge is 2.41. The number of rotatable bonds is 10. The Labute approximate surface area is 232 Å². The number of ether oxygens (including phenoxy) is 2. The number of imidazole rings is 1. The molecule has 0 bridgehead atoms. The molecule has 1 atom stereocenters. The van der Waals surface area contributed by atoms with Gasteiger partial charge in [-0.2, -0.15) is 18.2 Å². The number of fused-ring (bicyclic) bond motifs is 1. The van der Waals surface area contributed by atoms with Gasteiger partial charge in [-0.25, -0.2) is 9.97 Å². The van der Waals surface area contributed by atoms with Gasteiger partial charge in [-0.1, -0.05) is 30.7 Å². The summed E-state index contributed by atoms with van der Waals surface area (Å²) >= 11 is 6.66. The third kappa shape index (κ3) is 5.99. The van der Waals surface area contributed by atoms with Gasteiger partial charge in [-0.3, -0.25) is 4.79 Å². The van der Waals surface area contributed by atoms with E-state index in [1.807, 2.05) is 6.92 Å². The van der Waals surface area contributed by atoms with Crippen LogP contribution in [0, 0.1) is 5.92 Å². The molecule has 210 valence electrons. The van der Waals surface area contributed by atoms with Gasteiger partial charge in [-0.05, 0) is 62.1 Å². The molecule has 1 N–H and O–H groups in total. The van der Waals surface area contributed by atoms with Gasteiger partial charge in [0.2, 0.25) is 5.88 Å². The largest absolute Gasteiger partial charge is 0.494 e. The molecule has 12 heteroatoms. The third-order valence-corrected chi connectivity index (χ3v) is 7.13. The summed E-state index contributed by atoms with van der Waals surface area (Å²) in [5.41, 5.74) is 0.558. The predicted molar refractivity (Wildman–Crippen MR) is 141 cm³/mol. The zero-order chi connectivity index (χ0) is 28.7. The average molecular weight is 575 g/mol. The van der Waals surface area contributed by atoms with Crippen LogP contribution in [0.5, 0.6) is 11.6 Å². The third-order valence-electron chi connectivity index (χ3n) is 6.81. The number of benzene rings is 2. The standard InChI is InChI=1S/C28H26ClF3N4O4/c1-16(26(37)38)8-11-39-19-6-7-20(21(29)13-19)23-35-22-24(33-15-34-25(22)40-27(2)9-10-27)36(23)14-17-4-3-5-18(12-17)28(30,31)32/h3-7,12-13,15-16H,8-11,14H2,1-2H3,(H,37,38)/t16-/m1/s1. The van der Waals surface area contributed by atoms with Crippen LogP contribution in [0.3, 0.4) is 0 Å². The molecule has 0 saturated heterocycles. The average Bonchev–Trinajstić information content (AvgIpc) is 3.51. The molecule has 0 unspecified atom stereocenters. The second-order valence-electron chi connectivity index (χ2n) is 10.1. The summed E-state index contributed by atoms with van der Waals surface area (Å²) in [6, 6.07) is 10.0. The van der Waals surface area contributed by atoms with Crippen LogP contribution in [0.15, 0.2) is 48.8 Å². The lowest BCUT2D eigenvalue weighted by Crippen LogP contribution is -2.13. The second kappa shape index (κ2) is 10.6. The molecule has 0 aliphatic heterocycles. The zero-order valence-electron chi connectivity index (χ0n) is 21.7. The fourth-order valence-electron chi connectivity index (χ4n) is 4.13. The van der Waals surface area contributed by atoms with E-state index in [1.165, 1.54) is 12.4 Å². The predicted octanol–water partition coefficient (Wildman–Crippen LogP) is 6.63. The molecule has 2 heterocycles. The van der Waals surface area contributed by atoms with Crippen molar-refractivity contribution in [3.8, 4) is 23.0 Å². The molecule has 1 saturated carbocycles. The second-order valence-corrected chi connectivity index (χ2v) is 10.5. The van der Waals surface area contributed by atoms with E-state index >= 15 is 0 Å². The molecule has 2 aromatic carbocycles. The van der Waals surface area contributed by atoms with E-state index in [2.05, 4.69) is 9.97 Å². The molecule has 0 spiro atoms. The van der Waals surface area contributed by atoms with E-state index in [0.29, 0.717) is 40.3 Å². The number of carboxylic acids is 1. The maximum atomic E-state index is 13.4. The Morgan fingerprint density at radius 3 is 2.65 bits per heavy atom. The van der Waals surface area contributed by atoms with Crippen molar-refractivity contribution in [1.82, 2.24) is 19.5 Å². The van der Waals surface area contributed by atoms with Crippen molar-refractivity contribution in [2.45, 2.75) is 51.4 Å². The van der Waals surface area contributed by atoms with Crippen molar-refractivity contribution in [1.29, 1.82) is 0 Å². The Kier molecular flexibility index (Phi) is 7.34. The molecule has 0 amide bonds. The SMILES string of the molecule is C[C@H](CCOc1ccc(-c2nc3c(OC4(C)CC4)ncnc3n2Cc2cccc(C(F)(F)F)c2)c(Cl)c1)C(=O)O. The Morgan fingerprint density at radius 2 is 1.98 bits per heavy atom. The minimum Gasteiger partial charge on any atom is -0.494 e. The van der Waals surface area contributed by atoms with Gasteiger partial charge in [0.1, 0.15) is 23.5 Å². The van der Waals surface area contributed by atoms with Crippen LogP contribution in [-0.4, -0.2) is 42.8 Å². The molecular weight excluding hydrogens is 549 g/mol. The van der Waals surface area contributed by atoms with Gasteiger partial charge in [0.15, 0.2) is 11.2 Å². The van der Waals surface area contributed by atoms with E-state index in [0.717, 1.165) is 25.0 Å². The highest BCUT2D eigenvalue weighted by Crippen LogP contribution is 2.41. The fraction of sp³-hybridized carbons (Fsp3) is 0.357. The van der Waals surface area contributed by atoms with Crippen molar-refractivity contribution in [2.24, 2.45) is 5.92 Å². The summed E-state index contributed by atoms with van der Waals surface area (Å²) in [7, 11) is 0. The van der Waals surface area contributed by atoms with Gasteiger partial charge >= 0.3 is 12.1 Å². The van der Waals surface area contributed by atoms with E-state index in [-0.39, 0.29) is 29.7 Å². The number of carboxylic acid groups (broad SMARTS) is 1. The fourth-order valence-corrected chi connectivity index (χ4v) is 4.39. The molecule has 8 nitrogen and oxygen atoms in total. The minimum atomic E-state index is -4.49. The number of halogens is 4. The molecular formula is C28H26ClF3N4O4. The summed E-state index contributed by atoms with van der Waals surface area (Å²) in [6.07, 6.45) is -1.08. The summed E-state index contributed by atoms with van der Waals surface area (Å²) in [6.45, 7) is 3.78. The van der Waals surface area contributed by atoms with Crippen molar-refractivity contribution in [3.63, 3.8) is 0 Å². The Bertz CT molecular complexity index is 1570. The Balaban J connectivity index is 1.53. The summed E-state index contributed by atoms with van der Waals surface area (Å²) in [4.78, 5) is 24.5. The zero-order valence-corrected chi connectivity index (χ0v) is 22.5. The van der Waals surface area contributed by atoms with Crippen LogP contribution in [-0.2, 0) is 17.5 Å². The first kappa shape index (κ1) is 27.7. The van der Waals surface area contributed by atoms with Crippen LogP contribution in [0.25, 0.3) is 22.6 Å². The summed E-state index contributed by atoms with van der Waals surface area (Å²) < 4.78 is 53.7. The highest BCUT2D eigenvalue weighted by atomic mass is 35.5. The van der Waals surface area contributed by atoms with Crippen LogP contribution < -0.4 is 9.47 Å².